The molecule has 1 fully saturated rings. The maximum atomic E-state index is 13.8. The number of alkyl halides is 2. The van der Waals surface area contributed by atoms with E-state index in [1.807, 2.05) is 0 Å². The van der Waals surface area contributed by atoms with E-state index < -0.39 is 11.7 Å². The average Bonchev–Trinajstić information content (AvgIpc) is 2.94. The van der Waals surface area contributed by atoms with E-state index in [2.05, 4.69) is 9.97 Å². The lowest BCUT2D eigenvalue weighted by molar-refractivity contribution is -0.119. The lowest BCUT2D eigenvalue weighted by Gasteiger charge is -2.34. The third-order valence-corrected chi connectivity index (χ3v) is 3.98. The monoisotopic (exact) mass is 334 g/mol. The van der Waals surface area contributed by atoms with Crippen LogP contribution in [0.2, 0.25) is 0 Å². The Labute approximate surface area is 135 Å². The number of oxazole rings is 1. The molecule has 2 aromatic heterocycles. The summed E-state index contributed by atoms with van der Waals surface area (Å²) in [6.45, 7) is 0.233. The molecule has 0 spiro atoms. The Balaban J connectivity index is 1.52. The second-order valence-electron chi connectivity index (χ2n) is 5.92. The summed E-state index contributed by atoms with van der Waals surface area (Å²) < 4.78 is 50.4. The van der Waals surface area contributed by atoms with Crippen molar-refractivity contribution in [2.24, 2.45) is 5.92 Å². The minimum atomic E-state index is -2.55. The Morgan fingerprint density at radius 1 is 1.25 bits per heavy atom. The number of nitrogens with zero attached hydrogens (tertiary/aromatic N) is 2. The normalized spacial score (nSPS) is 17.0. The van der Waals surface area contributed by atoms with Crippen molar-refractivity contribution in [2.45, 2.75) is 18.8 Å². The van der Waals surface area contributed by atoms with Crippen molar-refractivity contribution >= 4 is 11.1 Å². The Bertz CT molecular complexity index is 886. The number of aromatic nitrogens is 2. The van der Waals surface area contributed by atoms with Crippen LogP contribution in [0, 0.1) is 11.7 Å². The minimum Gasteiger partial charge on any atom is -0.493 e. The van der Waals surface area contributed by atoms with Gasteiger partial charge in [0.15, 0.2) is 17.1 Å². The van der Waals surface area contributed by atoms with Gasteiger partial charge in [-0.2, -0.15) is 0 Å². The first kappa shape index (κ1) is 15.0. The van der Waals surface area contributed by atoms with E-state index in [0.717, 1.165) is 0 Å². The third-order valence-electron chi connectivity index (χ3n) is 3.98. The van der Waals surface area contributed by atoms with Crippen molar-refractivity contribution in [1.29, 1.82) is 0 Å². The lowest BCUT2D eigenvalue weighted by atomic mass is 9.82. The number of hydrogen-bond donors (Lipinski definition) is 0. The molecule has 1 aliphatic rings. The summed E-state index contributed by atoms with van der Waals surface area (Å²) in [6, 6.07) is 7.73. The molecule has 0 unspecified atom stereocenters. The first-order valence-electron chi connectivity index (χ1n) is 7.52. The Hall–Kier alpha value is -2.57. The van der Waals surface area contributed by atoms with Gasteiger partial charge >= 0.3 is 0 Å². The topological polar surface area (TPSA) is 48.2 Å². The smallest absolute Gasteiger partial charge is 0.249 e. The highest BCUT2D eigenvalue weighted by atomic mass is 19.3. The summed E-state index contributed by atoms with van der Waals surface area (Å²) in [4.78, 5) is 8.13. The second-order valence-corrected chi connectivity index (χ2v) is 5.92. The quantitative estimate of drug-likeness (QED) is 0.707. The van der Waals surface area contributed by atoms with E-state index in [1.54, 1.807) is 18.2 Å². The molecule has 0 atom stereocenters. The molecule has 4 nitrogen and oxygen atoms in total. The fourth-order valence-electron chi connectivity index (χ4n) is 2.76. The molecule has 4 rings (SSSR count). The molecule has 24 heavy (non-hydrogen) atoms. The largest absolute Gasteiger partial charge is 0.493 e. The van der Waals surface area contributed by atoms with Gasteiger partial charge in [-0.3, -0.25) is 0 Å². The fourth-order valence-corrected chi connectivity index (χ4v) is 2.76. The van der Waals surface area contributed by atoms with Gasteiger partial charge in [-0.15, -0.1) is 0 Å². The maximum absolute atomic E-state index is 13.8. The highest BCUT2D eigenvalue weighted by molar-refractivity contribution is 5.77. The van der Waals surface area contributed by atoms with Gasteiger partial charge in [0.1, 0.15) is 11.3 Å². The van der Waals surface area contributed by atoms with E-state index in [0.29, 0.717) is 16.8 Å². The Morgan fingerprint density at radius 3 is 2.83 bits per heavy atom. The van der Waals surface area contributed by atoms with Gasteiger partial charge in [-0.05, 0) is 24.3 Å². The van der Waals surface area contributed by atoms with Crippen molar-refractivity contribution in [2.75, 3.05) is 6.61 Å². The first-order chi connectivity index (χ1) is 11.5. The predicted octanol–water partition coefficient (Wildman–Crippen LogP) is 4.45. The second kappa shape index (κ2) is 5.51. The van der Waals surface area contributed by atoms with Gasteiger partial charge in [0.2, 0.25) is 11.8 Å². The molecule has 0 saturated heterocycles. The van der Waals surface area contributed by atoms with Crippen molar-refractivity contribution in [3.8, 4) is 17.3 Å². The molecule has 0 aliphatic heterocycles. The first-order valence-corrected chi connectivity index (χ1v) is 7.52. The summed E-state index contributed by atoms with van der Waals surface area (Å²) in [5.74, 6) is -2.62. The zero-order valence-corrected chi connectivity index (χ0v) is 12.5. The van der Waals surface area contributed by atoms with Crippen molar-refractivity contribution in [1.82, 2.24) is 9.97 Å². The summed E-state index contributed by atoms with van der Waals surface area (Å²) in [6.07, 6.45) is 1.18. The van der Waals surface area contributed by atoms with E-state index >= 15 is 0 Å². The standard InChI is InChI=1S/C17H13F3N2O2/c18-12-2-1-5-21-15(12)16-22-13-4-3-11(6-14(13)24-16)23-9-10-7-17(19,20)8-10/h1-6,10H,7-9H2. The molecule has 2 heterocycles. The van der Waals surface area contributed by atoms with Gasteiger partial charge in [0.05, 0.1) is 6.61 Å². The summed E-state index contributed by atoms with van der Waals surface area (Å²) >= 11 is 0. The van der Waals surface area contributed by atoms with Crippen LogP contribution in [-0.2, 0) is 0 Å². The molecule has 0 amide bonds. The van der Waals surface area contributed by atoms with Crippen molar-refractivity contribution in [3.05, 3.63) is 42.3 Å². The highest BCUT2D eigenvalue weighted by Crippen LogP contribution is 2.42. The Morgan fingerprint density at radius 2 is 2.08 bits per heavy atom. The van der Waals surface area contributed by atoms with Crippen LogP contribution in [0.5, 0.6) is 5.75 Å². The zero-order valence-electron chi connectivity index (χ0n) is 12.5. The maximum Gasteiger partial charge on any atom is 0.249 e. The van der Waals surface area contributed by atoms with E-state index in [4.69, 9.17) is 9.15 Å². The summed E-state index contributed by atoms with van der Waals surface area (Å²) in [7, 11) is 0. The molecule has 3 aromatic rings. The van der Waals surface area contributed by atoms with Crippen molar-refractivity contribution < 1.29 is 22.3 Å². The number of fused-ring (bicyclic) bond motifs is 1. The number of hydrogen-bond acceptors (Lipinski definition) is 4. The lowest BCUT2D eigenvalue weighted by Crippen LogP contribution is -2.38. The minimum absolute atomic E-state index is 0.0351. The number of ether oxygens (including phenoxy) is 1. The number of pyridine rings is 1. The zero-order chi connectivity index (χ0) is 16.7. The van der Waals surface area contributed by atoms with Crippen LogP contribution >= 0.6 is 0 Å². The molecule has 0 N–H and O–H groups in total. The third kappa shape index (κ3) is 2.81. The van der Waals surface area contributed by atoms with E-state index in [1.165, 1.54) is 18.3 Å². The predicted molar refractivity (Wildman–Crippen MR) is 80.4 cm³/mol. The van der Waals surface area contributed by atoms with Gasteiger partial charge < -0.3 is 9.15 Å². The van der Waals surface area contributed by atoms with E-state index in [-0.39, 0.29) is 37.0 Å². The molecule has 1 aromatic carbocycles. The number of benzene rings is 1. The summed E-state index contributed by atoms with van der Waals surface area (Å²) in [5.41, 5.74) is 0.997. The molecule has 0 bridgehead atoms. The molecular formula is C17H13F3N2O2. The average molecular weight is 334 g/mol. The molecule has 1 saturated carbocycles. The van der Waals surface area contributed by atoms with Crippen LogP contribution < -0.4 is 4.74 Å². The number of halogens is 3. The van der Waals surface area contributed by atoms with Crippen LogP contribution in [-0.4, -0.2) is 22.5 Å². The molecule has 124 valence electrons. The highest BCUT2D eigenvalue weighted by Gasteiger charge is 2.45. The molecule has 7 heteroatoms. The SMILES string of the molecule is Fc1cccnc1-c1nc2ccc(OCC3CC(F)(F)C3)cc2o1. The number of rotatable bonds is 4. The molecular weight excluding hydrogens is 321 g/mol. The van der Waals surface area contributed by atoms with Gasteiger partial charge in [-0.25, -0.2) is 23.1 Å². The van der Waals surface area contributed by atoms with E-state index in [9.17, 15) is 13.2 Å². The van der Waals surface area contributed by atoms with Crippen molar-refractivity contribution in [3.63, 3.8) is 0 Å². The molecule has 0 radical (unpaired) electrons. The fraction of sp³-hybridized carbons (Fsp3) is 0.294. The van der Waals surface area contributed by atoms with Crippen LogP contribution in [0.15, 0.2) is 40.9 Å². The van der Waals surface area contributed by atoms with Crippen LogP contribution in [0.25, 0.3) is 22.7 Å². The van der Waals surface area contributed by atoms with Gasteiger partial charge in [-0.1, -0.05) is 0 Å². The Kier molecular flexibility index (Phi) is 3.44. The summed E-state index contributed by atoms with van der Waals surface area (Å²) in [5, 5.41) is 0. The van der Waals surface area contributed by atoms with Gasteiger partial charge in [0.25, 0.3) is 0 Å². The van der Waals surface area contributed by atoms with Crippen LogP contribution in [0.4, 0.5) is 13.2 Å². The van der Waals surface area contributed by atoms with Crippen LogP contribution in [0.1, 0.15) is 12.8 Å². The molecule has 1 aliphatic carbocycles. The van der Waals surface area contributed by atoms with Gasteiger partial charge in [0, 0.05) is 31.0 Å². The van der Waals surface area contributed by atoms with Crippen LogP contribution in [0.3, 0.4) is 0 Å².